The normalized spacial score (nSPS) is 15.2. The molecule has 0 amide bonds. The van der Waals surface area contributed by atoms with Gasteiger partial charge in [0.05, 0.1) is 37.6 Å². The number of anilines is 1. The third-order valence-corrected chi connectivity index (χ3v) is 7.31. The predicted molar refractivity (Wildman–Crippen MR) is 144 cm³/mol. The van der Waals surface area contributed by atoms with Crippen molar-refractivity contribution >= 4 is 11.5 Å². The number of nitrogens with zero attached hydrogens (tertiary/aromatic N) is 4. The average molecular weight is 469 g/mol. The standard InChI is InChI=1S/C30H37N5/c1-21-12-13-25(22(2)18-21)20-33-14-16-34(17-15-33)27-19-26(30(4,5)6)31-29-28(23(3)32-35(27)29)24-10-8-7-9-11-24/h7-13,18-19H,14-17,20H2,1-6H3/p+1. The van der Waals surface area contributed by atoms with Crippen molar-refractivity contribution in [3.63, 3.8) is 0 Å². The minimum atomic E-state index is -0.0430. The van der Waals surface area contributed by atoms with E-state index in [1.807, 2.05) is 0 Å². The number of benzene rings is 2. The maximum Gasteiger partial charge on any atom is 0.165 e. The van der Waals surface area contributed by atoms with Crippen molar-refractivity contribution in [3.05, 3.63) is 82.7 Å². The minimum absolute atomic E-state index is 0.0430. The third kappa shape index (κ3) is 4.70. The number of fused-ring (bicyclic) bond motifs is 1. The van der Waals surface area contributed by atoms with Gasteiger partial charge in [-0.25, -0.2) is 4.98 Å². The Bertz CT molecular complexity index is 1340. The molecule has 3 heterocycles. The Kier molecular flexibility index (Phi) is 6.14. The number of aryl methyl sites for hydroxylation is 3. The monoisotopic (exact) mass is 468 g/mol. The second-order valence-electron chi connectivity index (χ2n) is 11.2. The van der Waals surface area contributed by atoms with Gasteiger partial charge in [0.15, 0.2) is 5.65 Å². The van der Waals surface area contributed by atoms with Crippen molar-refractivity contribution in [1.82, 2.24) is 14.6 Å². The Hall–Kier alpha value is -3.18. The molecule has 2 aromatic carbocycles. The summed E-state index contributed by atoms with van der Waals surface area (Å²) in [5, 5.41) is 5.00. The molecular formula is C30H38N5+. The molecule has 5 nitrogen and oxygen atoms in total. The second kappa shape index (κ2) is 9.12. The van der Waals surface area contributed by atoms with Gasteiger partial charge < -0.3 is 9.80 Å². The Labute approximate surface area is 209 Å². The zero-order chi connectivity index (χ0) is 24.7. The smallest absolute Gasteiger partial charge is 0.165 e. The maximum absolute atomic E-state index is 5.16. The minimum Gasteiger partial charge on any atom is -0.345 e. The summed E-state index contributed by atoms with van der Waals surface area (Å²) in [6.07, 6.45) is 0. The number of rotatable bonds is 4. The van der Waals surface area contributed by atoms with Gasteiger partial charge >= 0.3 is 0 Å². The fraction of sp³-hybridized carbons (Fsp3) is 0.400. The summed E-state index contributed by atoms with van der Waals surface area (Å²) in [6.45, 7) is 18.6. The van der Waals surface area contributed by atoms with Crippen LogP contribution in [0.1, 0.15) is 48.8 Å². The summed E-state index contributed by atoms with van der Waals surface area (Å²) in [7, 11) is 0. The molecule has 0 atom stereocenters. The SMILES string of the molecule is Cc1ccc(C[NH+]2CCN(c3cc(C(C)(C)C)nc4c(-c5ccccc5)c(C)nn34)CC2)c(C)c1. The van der Waals surface area contributed by atoms with Crippen LogP contribution in [0.3, 0.4) is 0 Å². The summed E-state index contributed by atoms with van der Waals surface area (Å²) >= 11 is 0. The molecule has 1 saturated heterocycles. The molecule has 182 valence electrons. The van der Waals surface area contributed by atoms with Crippen molar-refractivity contribution in [2.75, 3.05) is 31.1 Å². The Morgan fingerprint density at radius 2 is 1.63 bits per heavy atom. The van der Waals surface area contributed by atoms with Crippen LogP contribution in [-0.2, 0) is 12.0 Å². The van der Waals surface area contributed by atoms with E-state index >= 15 is 0 Å². The highest BCUT2D eigenvalue weighted by atomic mass is 15.4. The number of piperazine rings is 1. The van der Waals surface area contributed by atoms with Gasteiger partial charge in [-0.2, -0.15) is 9.61 Å². The number of hydrogen-bond donors (Lipinski definition) is 1. The Balaban J connectivity index is 1.47. The van der Waals surface area contributed by atoms with E-state index in [2.05, 4.69) is 106 Å². The number of quaternary nitrogens is 1. The van der Waals surface area contributed by atoms with Gasteiger partial charge in [-0.3, -0.25) is 0 Å². The number of nitrogens with one attached hydrogen (secondary N) is 1. The van der Waals surface area contributed by atoms with Crippen LogP contribution in [0.25, 0.3) is 16.8 Å². The molecule has 5 rings (SSSR count). The van der Waals surface area contributed by atoms with E-state index in [1.165, 1.54) is 22.3 Å². The van der Waals surface area contributed by atoms with Crippen LogP contribution in [-0.4, -0.2) is 40.8 Å². The second-order valence-corrected chi connectivity index (χ2v) is 11.2. The average Bonchev–Trinajstić information content (AvgIpc) is 3.16. The summed E-state index contributed by atoms with van der Waals surface area (Å²) in [4.78, 5) is 9.32. The summed E-state index contributed by atoms with van der Waals surface area (Å²) in [5.74, 6) is 1.16. The molecule has 0 saturated carbocycles. The van der Waals surface area contributed by atoms with Crippen molar-refractivity contribution < 1.29 is 4.90 Å². The van der Waals surface area contributed by atoms with E-state index in [0.29, 0.717) is 0 Å². The molecule has 0 aliphatic carbocycles. The molecule has 1 fully saturated rings. The van der Waals surface area contributed by atoms with Gasteiger partial charge in [0, 0.05) is 22.6 Å². The van der Waals surface area contributed by atoms with Crippen LogP contribution in [0.15, 0.2) is 54.6 Å². The molecule has 0 unspecified atom stereocenters. The quantitative estimate of drug-likeness (QED) is 0.478. The molecule has 0 bridgehead atoms. The molecule has 0 spiro atoms. The van der Waals surface area contributed by atoms with Crippen LogP contribution in [0.5, 0.6) is 0 Å². The van der Waals surface area contributed by atoms with E-state index in [-0.39, 0.29) is 5.41 Å². The third-order valence-electron chi connectivity index (χ3n) is 7.31. The van der Waals surface area contributed by atoms with Crippen LogP contribution >= 0.6 is 0 Å². The lowest BCUT2D eigenvalue weighted by Gasteiger charge is -2.34. The Morgan fingerprint density at radius 3 is 2.29 bits per heavy atom. The van der Waals surface area contributed by atoms with Gasteiger partial charge in [-0.05, 0) is 31.9 Å². The van der Waals surface area contributed by atoms with E-state index in [1.54, 1.807) is 4.90 Å². The fourth-order valence-corrected chi connectivity index (χ4v) is 5.20. The first-order chi connectivity index (χ1) is 16.7. The first-order valence-electron chi connectivity index (χ1n) is 12.8. The summed E-state index contributed by atoms with van der Waals surface area (Å²) < 4.78 is 2.09. The summed E-state index contributed by atoms with van der Waals surface area (Å²) in [5.41, 5.74) is 9.58. The van der Waals surface area contributed by atoms with Gasteiger partial charge in [0.1, 0.15) is 12.4 Å². The largest absolute Gasteiger partial charge is 0.345 e. The van der Waals surface area contributed by atoms with Gasteiger partial charge in [-0.1, -0.05) is 74.9 Å². The highest BCUT2D eigenvalue weighted by Crippen LogP contribution is 2.33. The lowest BCUT2D eigenvalue weighted by molar-refractivity contribution is -0.914. The first-order valence-corrected chi connectivity index (χ1v) is 12.8. The molecule has 1 aliphatic rings. The number of hydrogen-bond acceptors (Lipinski definition) is 3. The van der Waals surface area contributed by atoms with E-state index in [0.717, 1.165) is 61.1 Å². The molecule has 35 heavy (non-hydrogen) atoms. The van der Waals surface area contributed by atoms with Crippen molar-refractivity contribution in [2.45, 2.75) is 53.5 Å². The molecular weight excluding hydrogens is 430 g/mol. The van der Waals surface area contributed by atoms with E-state index < -0.39 is 0 Å². The Morgan fingerprint density at radius 1 is 0.914 bits per heavy atom. The van der Waals surface area contributed by atoms with Crippen LogP contribution in [0.2, 0.25) is 0 Å². The van der Waals surface area contributed by atoms with Crippen LogP contribution < -0.4 is 9.80 Å². The maximum atomic E-state index is 5.16. The molecule has 1 N–H and O–H groups in total. The van der Waals surface area contributed by atoms with E-state index in [4.69, 9.17) is 10.1 Å². The summed E-state index contributed by atoms with van der Waals surface area (Å²) in [6, 6.07) is 19.7. The van der Waals surface area contributed by atoms with Crippen molar-refractivity contribution in [1.29, 1.82) is 0 Å². The van der Waals surface area contributed by atoms with Crippen molar-refractivity contribution in [2.24, 2.45) is 0 Å². The lowest BCUT2D eigenvalue weighted by Crippen LogP contribution is -3.13. The predicted octanol–water partition coefficient (Wildman–Crippen LogP) is 4.52. The van der Waals surface area contributed by atoms with Gasteiger partial charge in [0.25, 0.3) is 0 Å². The molecule has 1 aliphatic heterocycles. The highest BCUT2D eigenvalue weighted by molar-refractivity contribution is 5.81. The highest BCUT2D eigenvalue weighted by Gasteiger charge is 2.27. The van der Waals surface area contributed by atoms with Gasteiger partial charge in [-0.15, -0.1) is 0 Å². The molecule has 2 aromatic heterocycles. The fourth-order valence-electron chi connectivity index (χ4n) is 5.20. The van der Waals surface area contributed by atoms with Crippen molar-refractivity contribution in [3.8, 4) is 11.1 Å². The van der Waals surface area contributed by atoms with Crippen LogP contribution in [0, 0.1) is 20.8 Å². The number of aromatic nitrogens is 3. The zero-order valence-corrected chi connectivity index (χ0v) is 22.0. The lowest BCUT2D eigenvalue weighted by atomic mass is 9.91. The first kappa shape index (κ1) is 23.6. The topological polar surface area (TPSA) is 37.9 Å². The zero-order valence-electron chi connectivity index (χ0n) is 22.0. The molecule has 4 aromatic rings. The molecule has 5 heteroatoms. The van der Waals surface area contributed by atoms with Crippen LogP contribution in [0.4, 0.5) is 5.82 Å². The van der Waals surface area contributed by atoms with Gasteiger partial charge in [0.2, 0.25) is 0 Å². The van der Waals surface area contributed by atoms with E-state index in [9.17, 15) is 0 Å². The molecule has 0 radical (unpaired) electrons.